The molecule has 3 aromatic rings. The Labute approximate surface area is 126 Å². The lowest BCUT2D eigenvalue weighted by atomic mass is 10.1. The Kier molecular flexibility index (Phi) is 3.70. The first-order chi connectivity index (χ1) is 10.6. The number of hydrogen-bond donors (Lipinski definition) is 1. The van der Waals surface area contributed by atoms with Crippen LogP contribution in [0.1, 0.15) is 16.2 Å². The number of benzene rings is 1. The zero-order valence-corrected chi connectivity index (χ0v) is 11.8. The van der Waals surface area contributed by atoms with Crippen LogP contribution in [0, 0.1) is 12.7 Å². The van der Waals surface area contributed by atoms with Crippen LogP contribution in [0.3, 0.4) is 0 Å². The highest BCUT2D eigenvalue weighted by Crippen LogP contribution is 2.25. The van der Waals surface area contributed by atoms with Gasteiger partial charge in [-0.3, -0.25) is 4.79 Å². The molecule has 22 heavy (non-hydrogen) atoms. The third-order valence-electron chi connectivity index (χ3n) is 3.10. The van der Waals surface area contributed by atoms with Crippen molar-refractivity contribution in [3.05, 3.63) is 71.9 Å². The standard InChI is InChI=1S/C17H13FN2O2/c1-11-5-4-8-16(19-11)20-17(21)15-10-9-14(22-15)12-6-2-3-7-13(12)18/h2-10H,1H3,(H,19,20,21). The molecule has 5 heteroatoms. The van der Waals surface area contributed by atoms with Crippen molar-refractivity contribution >= 4 is 11.7 Å². The average molecular weight is 296 g/mol. The molecule has 0 unspecified atom stereocenters. The number of nitrogens with one attached hydrogen (secondary N) is 1. The van der Waals surface area contributed by atoms with Gasteiger partial charge < -0.3 is 9.73 Å². The van der Waals surface area contributed by atoms with Crippen molar-refractivity contribution in [2.24, 2.45) is 0 Å². The van der Waals surface area contributed by atoms with Gasteiger partial charge in [0.1, 0.15) is 17.4 Å². The monoisotopic (exact) mass is 296 g/mol. The van der Waals surface area contributed by atoms with Crippen molar-refractivity contribution in [1.29, 1.82) is 0 Å². The molecule has 0 spiro atoms. The van der Waals surface area contributed by atoms with E-state index in [0.29, 0.717) is 17.1 Å². The molecule has 3 rings (SSSR count). The van der Waals surface area contributed by atoms with Crippen LogP contribution in [0.4, 0.5) is 10.2 Å². The highest BCUT2D eigenvalue weighted by atomic mass is 19.1. The fourth-order valence-corrected chi connectivity index (χ4v) is 2.06. The van der Waals surface area contributed by atoms with Gasteiger partial charge in [-0.25, -0.2) is 9.37 Å². The second-order valence-corrected chi connectivity index (χ2v) is 4.76. The number of rotatable bonds is 3. The Morgan fingerprint density at radius 2 is 1.91 bits per heavy atom. The van der Waals surface area contributed by atoms with Crippen LogP contribution in [-0.2, 0) is 0 Å². The Morgan fingerprint density at radius 1 is 1.09 bits per heavy atom. The summed E-state index contributed by atoms with van der Waals surface area (Å²) in [5.41, 5.74) is 1.11. The van der Waals surface area contributed by atoms with Crippen LogP contribution in [0.25, 0.3) is 11.3 Å². The summed E-state index contributed by atoms with van der Waals surface area (Å²) in [5, 5.41) is 2.64. The van der Waals surface area contributed by atoms with Gasteiger partial charge in [-0.15, -0.1) is 0 Å². The molecular weight excluding hydrogens is 283 g/mol. The zero-order chi connectivity index (χ0) is 15.5. The van der Waals surface area contributed by atoms with E-state index in [9.17, 15) is 9.18 Å². The van der Waals surface area contributed by atoms with E-state index in [0.717, 1.165) is 5.69 Å². The second-order valence-electron chi connectivity index (χ2n) is 4.76. The summed E-state index contributed by atoms with van der Waals surface area (Å²) in [6.45, 7) is 1.83. The van der Waals surface area contributed by atoms with E-state index in [1.165, 1.54) is 12.1 Å². The first-order valence-corrected chi connectivity index (χ1v) is 6.73. The van der Waals surface area contributed by atoms with E-state index < -0.39 is 11.7 Å². The highest BCUT2D eigenvalue weighted by molar-refractivity contribution is 6.02. The molecule has 0 fully saturated rings. The molecule has 2 heterocycles. The fraction of sp³-hybridized carbons (Fsp3) is 0.0588. The minimum atomic E-state index is -0.430. The van der Waals surface area contributed by atoms with Crippen molar-refractivity contribution in [3.63, 3.8) is 0 Å². The van der Waals surface area contributed by atoms with E-state index >= 15 is 0 Å². The number of carbonyl (C=O) groups is 1. The number of nitrogens with zero attached hydrogens (tertiary/aromatic N) is 1. The van der Waals surface area contributed by atoms with Crippen molar-refractivity contribution in [2.75, 3.05) is 5.32 Å². The fourth-order valence-electron chi connectivity index (χ4n) is 2.06. The number of halogens is 1. The lowest BCUT2D eigenvalue weighted by Crippen LogP contribution is -2.12. The Morgan fingerprint density at radius 3 is 2.68 bits per heavy atom. The van der Waals surface area contributed by atoms with Gasteiger partial charge in [0, 0.05) is 5.69 Å². The number of amides is 1. The van der Waals surface area contributed by atoms with E-state index in [1.54, 1.807) is 36.4 Å². The normalized spacial score (nSPS) is 10.5. The largest absolute Gasteiger partial charge is 0.451 e. The van der Waals surface area contributed by atoms with Crippen LogP contribution >= 0.6 is 0 Å². The Hall–Kier alpha value is -2.95. The molecule has 0 saturated carbocycles. The molecule has 1 N–H and O–H groups in total. The van der Waals surface area contributed by atoms with Gasteiger partial charge in [-0.1, -0.05) is 18.2 Å². The van der Waals surface area contributed by atoms with Gasteiger partial charge in [-0.05, 0) is 43.3 Å². The zero-order valence-electron chi connectivity index (χ0n) is 11.8. The molecule has 0 aliphatic carbocycles. The van der Waals surface area contributed by atoms with Gasteiger partial charge in [0.25, 0.3) is 5.91 Å². The van der Waals surface area contributed by atoms with Gasteiger partial charge >= 0.3 is 0 Å². The smallest absolute Gasteiger partial charge is 0.292 e. The van der Waals surface area contributed by atoms with E-state index in [4.69, 9.17) is 4.42 Å². The van der Waals surface area contributed by atoms with E-state index in [2.05, 4.69) is 10.3 Å². The maximum Gasteiger partial charge on any atom is 0.292 e. The van der Waals surface area contributed by atoms with Crippen molar-refractivity contribution < 1.29 is 13.6 Å². The summed E-state index contributed by atoms with van der Waals surface area (Å²) in [6, 6.07) is 14.6. The molecule has 1 amide bonds. The summed E-state index contributed by atoms with van der Waals surface area (Å²) in [6.07, 6.45) is 0. The van der Waals surface area contributed by atoms with Crippen LogP contribution in [0.5, 0.6) is 0 Å². The number of aromatic nitrogens is 1. The average Bonchev–Trinajstić information content (AvgIpc) is 2.97. The molecule has 0 aliphatic rings. The summed E-state index contributed by atoms with van der Waals surface area (Å²) in [5.74, 6) is 0.0145. The van der Waals surface area contributed by atoms with E-state index in [1.807, 2.05) is 13.0 Å². The number of pyridine rings is 1. The molecular formula is C17H13FN2O2. The molecule has 0 radical (unpaired) electrons. The van der Waals surface area contributed by atoms with Crippen LogP contribution in [-0.4, -0.2) is 10.9 Å². The van der Waals surface area contributed by atoms with Gasteiger partial charge in [0.15, 0.2) is 5.76 Å². The first kappa shape index (κ1) is 14.0. The summed E-state index contributed by atoms with van der Waals surface area (Å²) >= 11 is 0. The second kappa shape index (κ2) is 5.81. The predicted molar refractivity (Wildman–Crippen MR) is 81.0 cm³/mol. The first-order valence-electron chi connectivity index (χ1n) is 6.73. The SMILES string of the molecule is Cc1cccc(NC(=O)c2ccc(-c3ccccc3F)o2)n1. The summed E-state index contributed by atoms with van der Waals surface area (Å²) in [7, 11) is 0. The summed E-state index contributed by atoms with van der Waals surface area (Å²) in [4.78, 5) is 16.3. The number of hydrogen-bond acceptors (Lipinski definition) is 3. The Bertz CT molecular complexity index is 827. The van der Waals surface area contributed by atoms with Gasteiger partial charge in [0.2, 0.25) is 0 Å². The third kappa shape index (κ3) is 2.88. The van der Waals surface area contributed by atoms with Crippen LogP contribution < -0.4 is 5.32 Å². The van der Waals surface area contributed by atoms with Crippen molar-refractivity contribution in [1.82, 2.24) is 4.98 Å². The minimum Gasteiger partial charge on any atom is -0.451 e. The lowest BCUT2D eigenvalue weighted by Gasteiger charge is -2.03. The highest BCUT2D eigenvalue weighted by Gasteiger charge is 2.14. The number of aryl methyl sites for hydroxylation is 1. The lowest BCUT2D eigenvalue weighted by molar-refractivity contribution is 0.0997. The number of furan rings is 1. The molecule has 0 saturated heterocycles. The summed E-state index contributed by atoms with van der Waals surface area (Å²) < 4.78 is 19.1. The van der Waals surface area contributed by atoms with Crippen molar-refractivity contribution in [3.8, 4) is 11.3 Å². The molecule has 0 bridgehead atoms. The molecule has 0 atom stereocenters. The quantitative estimate of drug-likeness (QED) is 0.793. The minimum absolute atomic E-state index is 0.0987. The molecule has 1 aromatic carbocycles. The van der Waals surface area contributed by atoms with Crippen LogP contribution in [0.2, 0.25) is 0 Å². The third-order valence-corrected chi connectivity index (χ3v) is 3.10. The van der Waals surface area contributed by atoms with Crippen LogP contribution in [0.15, 0.2) is 59.0 Å². The van der Waals surface area contributed by atoms with Crippen molar-refractivity contribution in [2.45, 2.75) is 6.92 Å². The molecule has 0 aliphatic heterocycles. The molecule has 4 nitrogen and oxygen atoms in total. The predicted octanol–water partition coefficient (Wildman–Crippen LogP) is 4.04. The maximum absolute atomic E-state index is 13.7. The Balaban J connectivity index is 1.82. The topological polar surface area (TPSA) is 55.1 Å². The molecule has 2 aromatic heterocycles. The molecule has 110 valence electrons. The van der Waals surface area contributed by atoms with Gasteiger partial charge in [-0.2, -0.15) is 0 Å². The van der Waals surface area contributed by atoms with Gasteiger partial charge in [0.05, 0.1) is 5.56 Å². The number of anilines is 1. The van der Waals surface area contributed by atoms with E-state index in [-0.39, 0.29) is 5.76 Å². The number of carbonyl (C=O) groups excluding carboxylic acids is 1. The maximum atomic E-state index is 13.7.